The molecule has 12 rings (SSSR count). The van der Waals surface area contributed by atoms with Crippen LogP contribution in [0.1, 0.15) is 17.5 Å². The van der Waals surface area contributed by atoms with Gasteiger partial charge in [0.2, 0.25) is 0 Å². The molecule has 0 radical (unpaired) electrons. The molecule has 3 heteroatoms. The van der Waals surface area contributed by atoms with Crippen LogP contribution in [-0.2, 0) is 5.54 Å². The molecule has 2 atom stereocenters. The molecule has 0 N–H and O–H groups in total. The van der Waals surface area contributed by atoms with Gasteiger partial charge in [0.05, 0.1) is 16.6 Å². The van der Waals surface area contributed by atoms with E-state index >= 15 is 0 Å². The van der Waals surface area contributed by atoms with Gasteiger partial charge in [0.25, 0.3) is 0 Å². The second-order valence-electron chi connectivity index (χ2n) is 14.5. The number of amidine groups is 1. The van der Waals surface area contributed by atoms with Gasteiger partial charge in [0, 0.05) is 27.6 Å². The summed E-state index contributed by atoms with van der Waals surface area (Å²) in [4.78, 5) is 11.2. The van der Waals surface area contributed by atoms with Crippen LogP contribution in [0.3, 0.4) is 0 Å². The molecule has 9 aromatic carbocycles. The van der Waals surface area contributed by atoms with Crippen LogP contribution in [0.4, 0.5) is 0 Å². The first-order valence-electron chi connectivity index (χ1n) is 18.2. The number of aliphatic imine (C=N–C) groups is 2. The van der Waals surface area contributed by atoms with Gasteiger partial charge in [-0.2, -0.15) is 0 Å². The van der Waals surface area contributed by atoms with Crippen molar-refractivity contribution in [1.29, 1.82) is 0 Å². The third kappa shape index (κ3) is 3.69. The minimum absolute atomic E-state index is 0.125. The van der Waals surface area contributed by atoms with Crippen LogP contribution in [0.2, 0.25) is 0 Å². The summed E-state index contributed by atoms with van der Waals surface area (Å²) < 4.78 is 2.50. The molecule has 242 valence electrons. The quantitative estimate of drug-likeness (QED) is 0.165. The van der Waals surface area contributed by atoms with E-state index in [-0.39, 0.29) is 5.92 Å². The van der Waals surface area contributed by atoms with Crippen LogP contribution < -0.4 is 0 Å². The van der Waals surface area contributed by atoms with E-state index in [4.69, 9.17) is 9.98 Å². The van der Waals surface area contributed by atoms with E-state index in [1.807, 2.05) is 0 Å². The molecule has 0 saturated heterocycles. The minimum Gasteiger partial charge on any atom is -0.297 e. The smallest absolute Gasteiger partial charge is 0.157 e. The maximum absolute atomic E-state index is 5.59. The number of benzene rings is 9. The summed E-state index contributed by atoms with van der Waals surface area (Å²) in [6.45, 7) is 0. The van der Waals surface area contributed by atoms with Gasteiger partial charge in [-0.25, -0.2) is 4.99 Å². The molecule has 2 heterocycles. The fourth-order valence-corrected chi connectivity index (χ4v) is 9.47. The Morgan fingerprint density at radius 1 is 0.442 bits per heavy atom. The van der Waals surface area contributed by atoms with E-state index in [1.165, 1.54) is 81.2 Å². The van der Waals surface area contributed by atoms with E-state index in [9.17, 15) is 0 Å². The highest BCUT2D eigenvalue weighted by Gasteiger charge is 2.61. The topological polar surface area (TPSA) is 29.6 Å². The van der Waals surface area contributed by atoms with Gasteiger partial charge in [-0.15, -0.1) is 0 Å². The van der Waals surface area contributed by atoms with Gasteiger partial charge in [-0.05, 0) is 72.6 Å². The van der Waals surface area contributed by atoms with E-state index in [1.54, 1.807) is 0 Å². The molecule has 3 nitrogen and oxygen atoms in total. The molecular weight excluding hydrogens is 631 g/mol. The second kappa shape index (κ2) is 10.2. The highest BCUT2D eigenvalue weighted by atomic mass is 15.2. The molecule has 0 amide bonds. The Bertz CT molecular complexity index is 3180. The van der Waals surface area contributed by atoms with Gasteiger partial charge in [-0.1, -0.05) is 158 Å². The fourth-order valence-electron chi connectivity index (χ4n) is 9.47. The molecule has 1 saturated carbocycles. The van der Waals surface area contributed by atoms with Crippen molar-refractivity contribution < 1.29 is 0 Å². The third-order valence-corrected chi connectivity index (χ3v) is 11.8. The Morgan fingerprint density at radius 2 is 1.00 bits per heavy atom. The Morgan fingerprint density at radius 3 is 1.77 bits per heavy atom. The van der Waals surface area contributed by atoms with Crippen LogP contribution >= 0.6 is 0 Å². The average molecular weight is 662 g/mol. The van der Waals surface area contributed by atoms with E-state index in [2.05, 4.69) is 174 Å². The van der Waals surface area contributed by atoms with E-state index in [0.717, 1.165) is 23.7 Å². The standard InChI is InChI=1S/C49H31N3/c1-2-15-32(16-3-1)47-50-48(41-29-49(41,51-47)40-24-12-17-30-13-4-6-18-33(30)40)52-42-27-25-31-14-5-7-19-34(31)45(42)46-43(52)28-26-39-37-22-9-8-20-35(37)36-21-10-11-23-38(36)44(39)46/h1-28,41H,29H2. The Balaban J connectivity index is 1.24. The average Bonchev–Trinajstić information content (AvgIpc) is 3.87. The lowest BCUT2D eigenvalue weighted by Crippen LogP contribution is -2.27. The molecular formula is C49H31N3. The number of rotatable bonds is 2. The minimum atomic E-state index is -0.400. The predicted octanol–water partition coefficient (Wildman–Crippen LogP) is 12.2. The van der Waals surface area contributed by atoms with Gasteiger partial charge < -0.3 is 0 Å². The molecule has 1 aliphatic carbocycles. The first kappa shape index (κ1) is 28.2. The summed E-state index contributed by atoms with van der Waals surface area (Å²) in [7, 11) is 0. The van der Waals surface area contributed by atoms with Gasteiger partial charge >= 0.3 is 0 Å². The van der Waals surface area contributed by atoms with Crippen LogP contribution in [0, 0.1) is 5.92 Å². The summed E-state index contributed by atoms with van der Waals surface area (Å²) in [6, 6.07) is 61.9. The van der Waals surface area contributed by atoms with Crippen LogP contribution in [0.25, 0.3) is 75.7 Å². The van der Waals surface area contributed by atoms with Crippen molar-refractivity contribution in [3.63, 3.8) is 0 Å². The van der Waals surface area contributed by atoms with Crippen LogP contribution in [0.15, 0.2) is 180 Å². The lowest BCUT2D eigenvalue weighted by atomic mass is 9.91. The molecule has 2 aliphatic rings. The molecule has 1 aromatic heterocycles. The summed E-state index contributed by atoms with van der Waals surface area (Å²) in [5, 5.41) is 15.3. The van der Waals surface area contributed by atoms with Crippen molar-refractivity contribution in [3.05, 3.63) is 181 Å². The van der Waals surface area contributed by atoms with Crippen molar-refractivity contribution in [1.82, 2.24) is 4.57 Å². The molecule has 1 aliphatic heterocycles. The monoisotopic (exact) mass is 661 g/mol. The number of nitrogens with zero attached hydrogens (tertiary/aromatic N) is 3. The molecule has 52 heavy (non-hydrogen) atoms. The summed E-state index contributed by atoms with van der Waals surface area (Å²) in [5.74, 6) is 1.99. The third-order valence-electron chi connectivity index (χ3n) is 11.8. The number of fused-ring (bicyclic) bond motifs is 14. The van der Waals surface area contributed by atoms with Crippen LogP contribution in [-0.4, -0.2) is 16.2 Å². The van der Waals surface area contributed by atoms with Crippen molar-refractivity contribution in [2.75, 3.05) is 0 Å². The molecule has 1 fully saturated rings. The summed E-state index contributed by atoms with van der Waals surface area (Å²) >= 11 is 0. The lowest BCUT2D eigenvalue weighted by Gasteiger charge is -2.23. The molecule has 0 spiro atoms. The zero-order chi connectivity index (χ0) is 34.0. The lowest BCUT2D eigenvalue weighted by molar-refractivity contribution is 0.701. The Labute approximate surface area is 299 Å². The number of hydrogen-bond donors (Lipinski definition) is 0. The first-order chi connectivity index (χ1) is 25.8. The highest BCUT2D eigenvalue weighted by Crippen LogP contribution is 2.60. The molecule has 2 unspecified atom stereocenters. The molecule has 0 bridgehead atoms. The van der Waals surface area contributed by atoms with Gasteiger partial charge in [0.1, 0.15) is 5.84 Å². The van der Waals surface area contributed by atoms with E-state index in [0.29, 0.717) is 0 Å². The van der Waals surface area contributed by atoms with Crippen molar-refractivity contribution in [3.8, 4) is 0 Å². The zero-order valence-corrected chi connectivity index (χ0v) is 28.3. The first-order valence-corrected chi connectivity index (χ1v) is 18.2. The van der Waals surface area contributed by atoms with Gasteiger partial charge in [0.15, 0.2) is 5.84 Å². The Hall–Kier alpha value is -6.58. The molecule has 10 aromatic rings. The van der Waals surface area contributed by atoms with Crippen molar-refractivity contribution >= 4 is 87.3 Å². The zero-order valence-electron chi connectivity index (χ0n) is 28.3. The fraction of sp³-hybridized carbons (Fsp3) is 0.0612. The number of aromatic nitrogens is 1. The highest BCUT2D eigenvalue weighted by molar-refractivity contribution is 6.39. The van der Waals surface area contributed by atoms with Crippen LogP contribution in [0.5, 0.6) is 0 Å². The van der Waals surface area contributed by atoms with E-state index < -0.39 is 5.54 Å². The predicted molar refractivity (Wildman–Crippen MR) is 219 cm³/mol. The van der Waals surface area contributed by atoms with Crippen molar-refractivity contribution in [2.45, 2.75) is 12.0 Å². The SMILES string of the molecule is c1ccc(C2=NC3(c4cccc5ccccc45)CC3C(n3c4ccc5ccccc5c4c4c5c6ccccc6c6ccccc6c5ccc43)=N2)cc1. The number of hydrogen-bond acceptors (Lipinski definition) is 2. The maximum Gasteiger partial charge on any atom is 0.157 e. The summed E-state index contributed by atoms with van der Waals surface area (Å²) in [6.07, 6.45) is 0.909. The van der Waals surface area contributed by atoms with Gasteiger partial charge in [-0.3, -0.25) is 9.56 Å². The normalized spacial score (nSPS) is 18.4. The maximum atomic E-state index is 5.59. The largest absolute Gasteiger partial charge is 0.297 e. The Kier molecular flexibility index (Phi) is 5.55. The van der Waals surface area contributed by atoms with Crippen molar-refractivity contribution in [2.24, 2.45) is 15.9 Å². The summed E-state index contributed by atoms with van der Waals surface area (Å²) in [5.41, 5.74) is 4.30. The second-order valence-corrected chi connectivity index (χ2v) is 14.5.